The van der Waals surface area contributed by atoms with Crippen molar-refractivity contribution in [3.63, 3.8) is 0 Å². The van der Waals surface area contributed by atoms with E-state index in [2.05, 4.69) is 4.72 Å². The van der Waals surface area contributed by atoms with Gasteiger partial charge in [0.2, 0.25) is 10.0 Å². The van der Waals surface area contributed by atoms with E-state index in [1.807, 2.05) is 0 Å². The summed E-state index contributed by atoms with van der Waals surface area (Å²) in [5.74, 6) is 0. The average Bonchev–Trinajstić information content (AvgIpc) is 2.63. The molecule has 3 rings (SSSR count). The van der Waals surface area contributed by atoms with E-state index in [0.29, 0.717) is 51.4 Å². The lowest BCUT2D eigenvalue weighted by molar-refractivity contribution is 0.0698. The van der Waals surface area contributed by atoms with Crippen molar-refractivity contribution in [2.24, 2.45) is 0 Å². The molecule has 0 radical (unpaired) electrons. The molecule has 2 saturated heterocycles. The van der Waals surface area contributed by atoms with Crippen molar-refractivity contribution in [2.45, 2.75) is 18.1 Å². The minimum absolute atomic E-state index is 0.0259. The van der Waals surface area contributed by atoms with Crippen LogP contribution in [0.1, 0.15) is 12.8 Å². The highest BCUT2D eigenvalue weighted by atomic mass is 32.2. The summed E-state index contributed by atoms with van der Waals surface area (Å²) in [5, 5.41) is -0.766. The third kappa shape index (κ3) is 4.32. The van der Waals surface area contributed by atoms with E-state index < -0.39 is 25.5 Å². The van der Waals surface area contributed by atoms with Gasteiger partial charge in [-0.1, -0.05) is 18.2 Å². The number of sulfonamides is 1. The van der Waals surface area contributed by atoms with E-state index in [1.165, 1.54) is 8.61 Å². The Kier molecular flexibility index (Phi) is 5.64. The van der Waals surface area contributed by atoms with Gasteiger partial charge in [-0.2, -0.15) is 17.0 Å². The lowest BCUT2D eigenvalue weighted by Gasteiger charge is -2.36. The molecule has 1 aromatic carbocycles. The standard InChI is InChI=1S/C15H23N3O5S2/c19-24(20,16-14-5-2-1-3-6-14)15-7-4-8-18(13-15)25(21,22)17-9-11-23-12-10-17/h1-3,5-6,15-16H,4,7-13H2. The summed E-state index contributed by atoms with van der Waals surface area (Å²) < 4.78 is 61.2. The number of benzene rings is 1. The monoisotopic (exact) mass is 389 g/mol. The van der Waals surface area contributed by atoms with E-state index in [9.17, 15) is 16.8 Å². The van der Waals surface area contributed by atoms with Crippen LogP contribution in [0.5, 0.6) is 0 Å². The van der Waals surface area contributed by atoms with Gasteiger partial charge >= 0.3 is 0 Å². The Morgan fingerprint density at radius 1 is 0.960 bits per heavy atom. The zero-order valence-electron chi connectivity index (χ0n) is 13.9. The topological polar surface area (TPSA) is 96.0 Å². The van der Waals surface area contributed by atoms with Crippen molar-refractivity contribution < 1.29 is 21.6 Å². The maximum Gasteiger partial charge on any atom is 0.282 e. The molecule has 0 spiro atoms. The molecule has 0 bridgehead atoms. The molecular weight excluding hydrogens is 366 g/mol. The number of ether oxygens (including phenoxy) is 1. The summed E-state index contributed by atoms with van der Waals surface area (Å²) in [6.45, 7) is 1.66. The second kappa shape index (κ2) is 7.58. The number of para-hydroxylation sites is 1. The average molecular weight is 389 g/mol. The second-order valence-corrected chi connectivity index (χ2v) is 10.0. The van der Waals surface area contributed by atoms with Gasteiger partial charge in [0.15, 0.2) is 0 Å². The summed E-state index contributed by atoms with van der Waals surface area (Å²) in [7, 11) is -7.32. The van der Waals surface area contributed by atoms with Crippen LogP contribution in [0.2, 0.25) is 0 Å². The van der Waals surface area contributed by atoms with Crippen LogP contribution in [0.4, 0.5) is 5.69 Å². The normalized spacial score (nSPS) is 24.1. The van der Waals surface area contributed by atoms with Crippen LogP contribution in [-0.4, -0.2) is 70.1 Å². The zero-order chi connectivity index (χ0) is 17.9. The number of hydrogen-bond acceptors (Lipinski definition) is 5. The first kappa shape index (κ1) is 18.6. The van der Waals surface area contributed by atoms with Crippen LogP contribution >= 0.6 is 0 Å². The lowest BCUT2D eigenvalue weighted by atomic mass is 10.2. The number of nitrogens with zero attached hydrogens (tertiary/aromatic N) is 2. The molecule has 0 saturated carbocycles. The highest BCUT2D eigenvalue weighted by Gasteiger charge is 2.38. The summed E-state index contributed by atoms with van der Waals surface area (Å²) in [6.07, 6.45) is 0.960. The number of anilines is 1. The van der Waals surface area contributed by atoms with Crippen LogP contribution < -0.4 is 4.72 Å². The molecule has 1 unspecified atom stereocenters. The highest BCUT2D eigenvalue weighted by molar-refractivity contribution is 7.93. The predicted octanol–water partition coefficient (Wildman–Crippen LogP) is 0.470. The molecule has 2 heterocycles. The lowest BCUT2D eigenvalue weighted by Crippen LogP contribution is -2.53. The first-order chi connectivity index (χ1) is 11.9. The summed E-state index contributed by atoms with van der Waals surface area (Å²) >= 11 is 0. The van der Waals surface area contributed by atoms with E-state index in [0.717, 1.165) is 0 Å². The molecule has 8 nitrogen and oxygen atoms in total. The van der Waals surface area contributed by atoms with E-state index in [1.54, 1.807) is 30.3 Å². The van der Waals surface area contributed by atoms with Crippen molar-refractivity contribution in [3.05, 3.63) is 30.3 Å². The van der Waals surface area contributed by atoms with Crippen molar-refractivity contribution >= 4 is 25.9 Å². The third-order valence-electron chi connectivity index (χ3n) is 4.44. The Balaban J connectivity index is 1.72. The summed E-state index contributed by atoms with van der Waals surface area (Å²) in [4.78, 5) is 0. The quantitative estimate of drug-likeness (QED) is 0.790. The molecular formula is C15H23N3O5S2. The summed E-state index contributed by atoms with van der Waals surface area (Å²) in [6, 6.07) is 8.63. The predicted molar refractivity (Wildman–Crippen MR) is 94.9 cm³/mol. The fraction of sp³-hybridized carbons (Fsp3) is 0.600. The molecule has 10 heteroatoms. The fourth-order valence-electron chi connectivity index (χ4n) is 3.06. The number of rotatable bonds is 5. The molecule has 2 fully saturated rings. The van der Waals surface area contributed by atoms with Gasteiger partial charge in [-0.15, -0.1) is 0 Å². The Morgan fingerprint density at radius 3 is 2.32 bits per heavy atom. The molecule has 2 aliphatic rings. The van der Waals surface area contributed by atoms with E-state index in [4.69, 9.17) is 4.74 Å². The van der Waals surface area contributed by atoms with Gasteiger partial charge in [0.1, 0.15) is 0 Å². The maximum absolute atomic E-state index is 12.8. The first-order valence-electron chi connectivity index (χ1n) is 8.29. The summed E-state index contributed by atoms with van der Waals surface area (Å²) in [5.41, 5.74) is 0.482. The Bertz CT molecular complexity index is 777. The van der Waals surface area contributed by atoms with Gasteiger partial charge in [0, 0.05) is 31.9 Å². The van der Waals surface area contributed by atoms with Crippen LogP contribution in [0.25, 0.3) is 0 Å². The van der Waals surface area contributed by atoms with Crippen molar-refractivity contribution in [1.82, 2.24) is 8.61 Å². The molecule has 1 atom stereocenters. The van der Waals surface area contributed by atoms with Gasteiger partial charge in [0.05, 0.1) is 18.5 Å². The van der Waals surface area contributed by atoms with Gasteiger partial charge in [-0.05, 0) is 25.0 Å². The van der Waals surface area contributed by atoms with Gasteiger partial charge < -0.3 is 4.74 Å². The largest absolute Gasteiger partial charge is 0.379 e. The smallest absolute Gasteiger partial charge is 0.282 e. The SMILES string of the molecule is O=S(=O)(Nc1ccccc1)C1CCCN(S(=O)(=O)N2CCOCC2)C1. The van der Waals surface area contributed by atoms with E-state index >= 15 is 0 Å². The molecule has 140 valence electrons. The molecule has 0 aromatic heterocycles. The maximum atomic E-state index is 12.8. The molecule has 0 aliphatic carbocycles. The molecule has 2 aliphatic heterocycles. The number of nitrogens with one attached hydrogen (secondary N) is 1. The van der Waals surface area contributed by atoms with Crippen LogP contribution in [0.15, 0.2) is 30.3 Å². The number of morpholine rings is 1. The first-order valence-corrected chi connectivity index (χ1v) is 11.2. The number of piperidine rings is 1. The second-order valence-electron chi connectivity index (χ2n) is 6.15. The molecule has 1 N–H and O–H groups in total. The van der Waals surface area contributed by atoms with Crippen molar-refractivity contribution in [3.8, 4) is 0 Å². The molecule has 25 heavy (non-hydrogen) atoms. The van der Waals surface area contributed by atoms with Crippen molar-refractivity contribution in [1.29, 1.82) is 0 Å². The van der Waals surface area contributed by atoms with Crippen molar-refractivity contribution in [2.75, 3.05) is 44.1 Å². The zero-order valence-corrected chi connectivity index (χ0v) is 15.5. The third-order valence-corrected chi connectivity index (χ3v) is 8.22. The minimum atomic E-state index is -3.66. The number of hydrogen-bond donors (Lipinski definition) is 1. The van der Waals surface area contributed by atoms with Gasteiger partial charge in [-0.25, -0.2) is 8.42 Å². The van der Waals surface area contributed by atoms with Crippen LogP contribution in [0.3, 0.4) is 0 Å². The highest BCUT2D eigenvalue weighted by Crippen LogP contribution is 2.23. The molecule has 0 amide bonds. The molecule has 1 aromatic rings. The fourth-order valence-corrected chi connectivity index (χ4v) is 6.31. The minimum Gasteiger partial charge on any atom is -0.379 e. The van der Waals surface area contributed by atoms with E-state index in [-0.39, 0.29) is 6.54 Å². The Morgan fingerprint density at radius 2 is 1.64 bits per heavy atom. The van der Waals surface area contributed by atoms with Crippen LogP contribution in [0, 0.1) is 0 Å². The van der Waals surface area contributed by atoms with Gasteiger partial charge in [0.25, 0.3) is 10.2 Å². The van der Waals surface area contributed by atoms with Gasteiger partial charge in [-0.3, -0.25) is 4.72 Å². The Hall–Kier alpha value is -1.20. The Labute approximate surface area is 149 Å². The van der Waals surface area contributed by atoms with Crippen LogP contribution in [-0.2, 0) is 25.0 Å².